The molecule has 0 aliphatic carbocycles. The van der Waals surface area contributed by atoms with Crippen molar-refractivity contribution in [3.63, 3.8) is 0 Å². The average Bonchev–Trinajstić information content (AvgIpc) is 2.67. The Morgan fingerprint density at radius 1 is 1.36 bits per heavy atom. The van der Waals surface area contributed by atoms with E-state index in [0.717, 1.165) is 4.90 Å². The van der Waals surface area contributed by atoms with Crippen LogP contribution in [0.25, 0.3) is 0 Å². The van der Waals surface area contributed by atoms with Gasteiger partial charge in [-0.1, -0.05) is 0 Å². The van der Waals surface area contributed by atoms with Crippen molar-refractivity contribution in [3.8, 4) is 0 Å². The zero-order valence-electron chi connectivity index (χ0n) is 10.8. The van der Waals surface area contributed by atoms with Crippen molar-refractivity contribution >= 4 is 37.0 Å². The molecule has 1 saturated heterocycles. The molecule has 1 heterocycles. The van der Waals surface area contributed by atoms with E-state index in [-0.39, 0.29) is 13.0 Å². The van der Waals surface area contributed by atoms with Crippen LogP contribution in [0.4, 0.5) is 20.2 Å². The molecule has 1 amide bonds. The number of hydrogen-bond acceptors (Lipinski definition) is 5. The lowest BCUT2D eigenvalue weighted by Gasteiger charge is -2.17. The fraction of sp³-hybridized carbons (Fsp3) is 0.364. The number of hydrogen-bond donors (Lipinski definition) is 0. The van der Waals surface area contributed by atoms with Crippen molar-refractivity contribution < 1.29 is 26.9 Å². The van der Waals surface area contributed by atoms with Gasteiger partial charge in [-0.2, -0.15) is 4.39 Å². The molecule has 22 heavy (non-hydrogen) atoms. The lowest BCUT2D eigenvalue weighted by atomic mass is 10.1. The highest BCUT2D eigenvalue weighted by Crippen LogP contribution is 2.32. The Hall–Kier alpha value is -1.81. The molecule has 2 rings (SSSR count). The maximum atomic E-state index is 13.8. The summed E-state index contributed by atoms with van der Waals surface area (Å²) in [7, 11) is 1.26. The van der Waals surface area contributed by atoms with E-state index in [1.54, 1.807) is 0 Å². The zero-order chi connectivity index (χ0) is 16.7. The summed E-state index contributed by atoms with van der Waals surface area (Å²) in [6.07, 6.45) is -0.198. The molecule has 0 bridgehead atoms. The summed E-state index contributed by atoms with van der Waals surface area (Å²) in [5.74, 6) is -4.28. The molecule has 0 aromatic heterocycles. The minimum atomic E-state index is -3.84. The molecule has 1 aliphatic heterocycles. The van der Waals surface area contributed by atoms with Gasteiger partial charge in [0.1, 0.15) is 5.82 Å². The molecule has 1 unspecified atom stereocenters. The number of anilines is 1. The molecule has 11 heteroatoms. The van der Waals surface area contributed by atoms with E-state index in [9.17, 15) is 32.1 Å². The number of amides is 1. The van der Waals surface area contributed by atoms with E-state index >= 15 is 0 Å². The van der Waals surface area contributed by atoms with E-state index in [1.165, 1.54) is 0 Å². The maximum absolute atomic E-state index is 13.8. The van der Waals surface area contributed by atoms with Crippen LogP contribution >= 0.6 is 10.7 Å². The highest BCUT2D eigenvalue weighted by Gasteiger charge is 2.35. The average molecular weight is 355 g/mol. The minimum Gasteiger partial charge on any atom is -0.309 e. The third-order valence-electron chi connectivity index (χ3n) is 3.14. The van der Waals surface area contributed by atoms with E-state index in [1.807, 2.05) is 0 Å². The van der Waals surface area contributed by atoms with Crippen LogP contribution in [0.1, 0.15) is 6.42 Å². The van der Waals surface area contributed by atoms with Gasteiger partial charge in [-0.3, -0.25) is 14.9 Å². The van der Waals surface area contributed by atoms with Gasteiger partial charge in [0.05, 0.1) is 16.4 Å². The molecule has 0 saturated carbocycles. The molecular weight excluding hydrogens is 346 g/mol. The summed E-state index contributed by atoms with van der Waals surface area (Å²) < 4.78 is 49.1. The molecule has 1 fully saturated rings. The first kappa shape index (κ1) is 16.6. The number of nitro groups is 1. The monoisotopic (exact) mass is 354 g/mol. The number of rotatable bonds is 4. The SMILES string of the molecule is O=C1CC(CS(=O)(=O)Cl)CN1c1cc([N+](=O)[O-])c(F)cc1F. The molecule has 0 N–H and O–H groups in total. The van der Waals surface area contributed by atoms with Crippen LogP contribution in [-0.4, -0.2) is 31.5 Å². The second-order valence-electron chi connectivity index (χ2n) is 4.79. The molecule has 7 nitrogen and oxygen atoms in total. The van der Waals surface area contributed by atoms with Crippen molar-refractivity contribution in [2.24, 2.45) is 5.92 Å². The summed E-state index contributed by atoms with van der Waals surface area (Å²) in [5.41, 5.74) is -1.44. The van der Waals surface area contributed by atoms with Gasteiger partial charge in [0.2, 0.25) is 20.8 Å². The van der Waals surface area contributed by atoms with Crippen molar-refractivity contribution in [3.05, 3.63) is 33.9 Å². The van der Waals surface area contributed by atoms with Crippen LogP contribution in [0.15, 0.2) is 12.1 Å². The van der Waals surface area contributed by atoms with Crippen LogP contribution in [-0.2, 0) is 13.8 Å². The van der Waals surface area contributed by atoms with Crippen LogP contribution in [0.3, 0.4) is 0 Å². The Labute approximate surface area is 128 Å². The molecule has 1 aliphatic rings. The third kappa shape index (κ3) is 3.50. The quantitative estimate of drug-likeness (QED) is 0.466. The van der Waals surface area contributed by atoms with Crippen LogP contribution in [0, 0.1) is 27.7 Å². The topological polar surface area (TPSA) is 97.6 Å². The number of nitro benzene ring substituents is 1. The van der Waals surface area contributed by atoms with E-state index < -0.39 is 54.6 Å². The van der Waals surface area contributed by atoms with E-state index in [4.69, 9.17) is 10.7 Å². The molecule has 1 aromatic rings. The van der Waals surface area contributed by atoms with E-state index in [2.05, 4.69) is 0 Å². The lowest BCUT2D eigenvalue weighted by molar-refractivity contribution is -0.387. The Bertz CT molecular complexity index is 755. The lowest BCUT2D eigenvalue weighted by Crippen LogP contribution is -2.26. The maximum Gasteiger partial charge on any atom is 0.307 e. The van der Waals surface area contributed by atoms with Crippen molar-refractivity contribution in [2.75, 3.05) is 17.2 Å². The van der Waals surface area contributed by atoms with Crippen LogP contribution < -0.4 is 4.90 Å². The highest BCUT2D eigenvalue weighted by atomic mass is 35.7. The second kappa shape index (κ2) is 5.76. The first-order valence-corrected chi connectivity index (χ1v) is 8.42. The first-order chi connectivity index (χ1) is 10.1. The fourth-order valence-corrected chi connectivity index (χ4v) is 3.60. The van der Waals surface area contributed by atoms with Gasteiger partial charge in [0.25, 0.3) is 0 Å². The number of carbonyl (C=O) groups excluding carboxylic acids is 1. The van der Waals surface area contributed by atoms with Crippen molar-refractivity contribution in [1.82, 2.24) is 0 Å². The standard InChI is InChI=1S/C11H9ClF2N2O5S/c12-22(20,21)5-6-1-11(17)15(4-6)9-3-10(16(18)19)8(14)2-7(9)13/h2-3,6H,1,4-5H2. The van der Waals surface area contributed by atoms with Gasteiger partial charge in [-0.05, 0) is 0 Å². The van der Waals surface area contributed by atoms with Crippen LogP contribution in [0.5, 0.6) is 0 Å². The largest absolute Gasteiger partial charge is 0.309 e. The summed E-state index contributed by atoms with van der Waals surface area (Å²) in [5, 5.41) is 10.7. The Balaban J connectivity index is 2.34. The molecule has 0 spiro atoms. The second-order valence-corrected chi connectivity index (χ2v) is 7.61. The Morgan fingerprint density at radius 3 is 2.55 bits per heavy atom. The Kier molecular flexibility index (Phi) is 4.34. The summed E-state index contributed by atoms with van der Waals surface area (Å²) >= 11 is 0. The van der Waals surface area contributed by atoms with Gasteiger partial charge in [-0.25, -0.2) is 12.8 Å². The molecule has 1 aromatic carbocycles. The smallest absolute Gasteiger partial charge is 0.307 e. The molecule has 1 atom stereocenters. The molecule has 0 radical (unpaired) electrons. The highest BCUT2D eigenvalue weighted by molar-refractivity contribution is 8.13. The first-order valence-electron chi connectivity index (χ1n) is 5.94. The molecular formula is C11H9ClF2N2O5S. The molecule has 120 valence electrons. The van der Waals surface area contributed by atoms with Crippen molar-refractivity contribution in [2.45, 2.75) is 6.42 Å². The third-order valence-corrected chi connectivity index (χ3v) is 4.39. The van der Waals surface area contributed by atoms with Gasteiger partial charge in [0, 0.05) is 41.7 Å². The van der Waals surface area contributed by atoms with Crippen LogP contribution in [0.2, 0.25) is 0 Å². The summed E-state index contributed by atoms with van der Waals surface area (Å²) in [6, 6.07) is 0.923. The van der Waals surface area contributed by atoms with Gasteiger partial charge < -0.3 is 4.90 Å². The fourth-order valence-electron chi connectivity index (χ4n) is 2.28. The predicted octanol–water partition coefficient (Wildman–Crippen LogP) is 1.79. The number of benzene rings is 1. The predicted molar refractivity (Wildman–Crippen MR) is 73.1 cm³/mol. The number of nitrogens with zero attached hydrogens (tertiary/aromatic N) is 2. The van der Waals surface area contributed by atoms with Crippen molar-refractivity contribution in [1.29, 1.82) is 0 Å². The minimum absolute atomic E-state index is 0.176. The summed E-state index contributed by atoms with van der Waals surface area (Å²) in [4.78, 5) is 22.3. The Morgan fingerprint density at radius 2 is 2.00 bits per heavy atom. The van der Waals surface area contributed by atoms with E-state index in [0.29, 0.717) is 12.1 Å². The number of carbonyl (C=O) groups is 1. The number of halogens is 3. The van der Waals surface area contributed by atoms with Gasteiger partial charge in [0.15, 0.2) is 0 Å². The van der Waals surface area contributed by atoms with Gasteiger partial charge in [-0.15, -0.1) is 0 Å². The van der Waals surface area contributed by atoms with Gasteiger partial charge >= 0.3 is 5.69 Å². The summed E-state index contributed by atoms with van der Waals surface area (Å²) in [6.45, 7) is -0.176. The normalized spacial score (nSPS) is 18.8. The zero-order valence-corrected chi connectivity index (χ0v) is 12.4.